The fourth-order valence-corrected chi connectivity index (χ4v) is 3.46. The van der Waals surface area contributed by atoms with E-state index in [-0.39, 0.29) is 10.7 Å². The van der Waals surface area contributed by atoms with Crippen LogP contribution in [0.2, 0.25) is 0 Å². The van der Waals surface area contributed by atoms with Gasteiger partial charge in [0.2, 0.25) is 0 Å². The summed E-state index contributed by atoms with van der Waals surface area (Å²) in [7, 11) is -3.51. The predicted octanol–water partition coefficient (Wildman–Crippen LogP) is 1.74. The molecule has 0 spiro atoms. The molecular formula is C11H12O3S. The molecule has 80 valence electrons. The Morgan fingerprint density at radius 2 is 1.80 bits per heavy atom. The molecule has 4 heteroatoms. The number of aryl methyl sites for hydroxylation is 1. The second-order valence-electron chi connectivity index (χ2n) is 4.34. The number of hydrogen-bond acceptors (Lipinski definition) is 3. The lowest BCUT2D eigenvalue weighted by Gasteiger charge is -2.13. The number of Topliss-reactive ketones (excluding diaryl/α,β-unsaturated/α-hetero) is 1. The molecule has 0 atom stereocenters. The van der Waals surface area contributed by atoms with E-state index >= 15 is 0 Å². The van der Waals surface area contributed by atoms with Gasteiger partial charge in [-0.3, -0.25) is 4.79 Å². The molecular weight excluding hydrogens is 212 g/mol. The van der Waals surface area contributed by atoms with Crippen molar-refractivity contribution in [3.63, 3.8) is 0 Å². The third-order valence-corrected chi connectivity index (χ3v) is 5.34. The van der Waals surface area contributed by atoms with Crippen LogP contribution in [0.25, 0.3) is 0 Å². The first-order chi connectivity index (χ1) is 6.78. The molecule has 0 saturated heterocycles. The van der Waals surface area contributed by atoms with Crippen molar-refractivity contribution in [2.45, 2.75) is 30.4 Å². The monoisotopic (exact) mass is 224 g/mol. The summed E-state index contributed by atoms with van der Waals surface area (Å²) in [5, 5.41) is 0. The van der Waals surface area contributed by atoms with E-state index in [0.29, 0.717) is 5.56 Å². The molecule has 1 aromatic carbocycles. The average molecular weight is 224 g/mol. The highest BCUT2D eigenvalue weighted by atomic mass is 32.2. The fourth-order valence-electron chi connectivity index (χ4n) is 1.76. The van der Waals surface area contributed by atoms with Gasteiger partial charge in [-0.15, -0.1) is 0 Å². The molecule has 15 heavy (non-hydrogen) atoms. The summed E-state index contributed by atoms with van der Waals surface area (Å²) in [5.41, 5.74) is 1.17. The van der Waals surface area contributed by atoms with Crippen LogP contribution < -0.4 is 0 Å². The van der Waals surface area contributed by atoms with E-state index in [1.807, 2.05) is 6.92 Å². The molecule has 0 fully saturated rings. The van der Waals surface area contributed by atoms with Gasteiger partial charge in [0.15, 0.2) is 15.6 Å². The Morgan fingerprint density at radius 3 is 2.40 bits per heavy atom. The number of carbonyl (C=O) groups excluding carboxylic acids is 1. The second-order valence-corrected chi connectivity index (χ2v) is 6.81. The summed E-state index contributed by atoms with van der Waals surface area (Å²) < 4.78 is 22.8. The third kappa shape index (κ3) is 1.11. The van der Waals surface area contributed by atoms with Gasteiger partial charge in [0.25, 0.3) is 0 Å². The Labute approximate surface area is 89.0 Å². The Morgan fingerprint density at radius 1 is 1.20 bits per heavy atom. The smallest absolute Gasteiger partial charge is 0.191 e. The highest BCUT2D eigenvalue weighted by Crippen LogP contribution is 2.38. The zero-order valence-corrected chi connectivity index (χ0v) is 9.68. The molecule has 3 nitrogen and oxygen atoms in total. The van der Waals surface area contributed by atoms with Crippen molar-refractivity contribution in [2.24, 2.45) is 0 Å². The van der Waals surface area contributed by atoms with Crippen molar-refractivity contribution in [1.82, 2.24) is 0 Å². The number of sulfone groups is 1. The van der Waals surface area contributed by atoms with Crippen LogP contribution in [0.15, 0.2) is 23.1 Å². The van der Waals surface area contributed by atoms with Gasteiger partial charge in [0.1, 0.15) is 4.75 Å². The summed E-state index contributed by atoms with van der Waals surface area (Å²) in [4.78, 5) is 12.0. The van der Waals surface area contributed by atoms with Crippen LogP contribution in [0, 0.1) is 6.92 Å². The molecule has 1 heterocycles. The first kappa shape index (κ1) is 10.4. The molecule has 1 aliphatic heterocycles. The normalized spacial score (nSPS) is 21.4. The molecule has 0 radical (unpaired) electrons. The second kappa shape index (κ2) is 2.70. The van der Waals surface area contributed by atoms with Crippen LogP contribution in [0.4, 0.5) is 0 Å². The Balaban J connectivity index is 2.87. The van der Waals surface area contributed by atoms with Gasteiger partial charge in [-0.2, -0.15) is 0 Å². The minimum Gasteiger partial charge on any atom is -0.292 e. The molecule has 0 aromatic heterocycles. The van der Waals surface area contributed by atoms with Gasteiger partial charge in [-0.05, 0) is 38.5 Å². The van der Waals surface area contributed by atoms with E-state index in [1.54, 1.807) is 18.2 Å². The maximum absolute atomic E-state index is 12.0. The fraction of sp³-hybridized carbons (Fsp3) is 0.364. The van der Waals surface area contributed by atoms with Crippen LogP contribution in [-0.4, -0.2) is 18.9 Å². The van der Waals surface area contributed by atoms with Gasteiger partial charge in [-0.25, -0.2) is 8.42 Å². The van der Waals surface area contributed by atoms with Crippen LogP contribution in [-0.2, 0) is 9.84 Å². The maximum atomic E-state index is 12.0. The number of hydrogen-bond donors (Lipinski definition) is 0. The van der Waals surface area contributed by atoms with Crippen molar-refractivity contribution >= 4 is 15.6 Å². The van der Waals surface area contributed by atoms with E-state index in [1.165, 1.54) is 13.8 Å². The minimum atomic E-state index is -3.51. The lowest BCUT2D eigenvalue weighted by molar-refractivity contribution is 0.0959. The highest BCUT2D eigenvalue weighted by Gasteiger charge is 2.51. The largest absolute Gasteiger partial charge is 0.292 e. The van der Waals surface area contributed by atoms with E-state index in [4.69, 9.17) is 0 Å². The number of fused-ring (bicyclic) bond motifs is 1. The van der Waals surface area contributed by atoms with Crippen molar-refractivity contribution in [1.29, 1.82) is 0 Å². The van der Waals surface area contributed by atoms with Crippen LogP contribution in [0.1, 0.15) is 29.8 Å². The minimum absolute atomic E-state index is 0.178. The van der Waals surface area contributed by atoms with Crippen molar-refractivity contribution in [3.05, 3.63) is 29.3 Å². The number of benzene rings is 1. The number of carbonyl (C=O) groups is 1. The zero-order valence-electron chi connectivity index (χ0n) is 8.87. The molecule has 0 bridgehead atoms. The number of ketones is 1. The van der Waals surface area contributed by atoms with Gasteiger partial charge in [0.05, 0.1) is 4.90 Å². The lowest BCUT2D eigenvalue weighted by atomic mass is 10.0. The summed E-state index contributed by atoms with van der Waals surface area (Å²) in [6.45, 7) is 4.73. The lowest BCUT2D eigenvalue weighted by Crippen LogP contribution is -2.33. The third-order valence-electron chi connectivity index (χ3n) is 2.89. The molecule has 0 amide bonds. The van der Waals surface area contributed by atoms with Crippen LogP contribution in [0.5, 0.6) is 0 Å². The SMILES string of the molecule is Cc1ccc2c(c1)S(=O)(=O)C(C)(C)C2=O. The van der Waals surface area contributed by atoms with Crippen LogP contribution >= 0.6 is 0 Å². The van der Waals surface area contributed by atoms with E-state index in [0.717, 1.165) is 5.56 Å². The summed E-state index contributed by atoms with van der Waals surface area (Å²) in [5.74, 6) is -0.308. The zero-order chi connectivity index (χ0) is 11.4. The van der Waals surface area contributed by atoms with Crippen molar-refractivity contribution in [3.8, 4) is 0 Å². The standard InChI is InChI=1S/C11H12O3S/c1-7-4-5-8-9(6-7)15(13,14)11(2,3)10(8)12/h4-6H,1-3H3. The first-order valence-electron chi connectivity index (χ1n) is 4.68. The summed E-state index contributed by atoms with van der Waals surface area (Å²) in [6.07, 6.45) is 0. The molecule has 0 saturated carbocycles. The Bertz CT molecular complexity index is 553. The predicted molar refractivity (Wildman–Crippen MR) is 56.8 cm³/mol. The van der Waals surface area contributed by atoms with Gasteiger partial charge in [-0.1, -0.05) is 6.07 Å². The van der Waals surface area contributed by atoms with Gasteiger partial charge in [0, 0.05) is 5.56 Å². The van der Waals surface area contributed by atoms with Gasteiger partial charge >= 0.3 is 0 Å². The summed E-state index contributed by atoms with van der Waals surface area (Å²) in [6, 6.07) is 4.92. The quantitative estimate of drug-likeness (QED) is 0.674. The van der Waals surface area contributed by atoms with E-state index in [9.17, 15) is 13.2 Å². The van der Waals surface area contributed by atoms with E-state index < -0.39 is 14.6 Å². The van der Waals surface area contributed by atoms with Crippen LogP contribution in [0.3, 0.4) is 0 Å². The molecule has 1 aromatic rings. The molecule has 0 aliphatic carbocycles. The Hall–Kier alpha value is -1.16. The summed E-state index contributed by atoms with van der Waals surface area (Å²) >= 11 is 0. The Kier molecular flexibility index (Phi) is 1.86. The topological polar surface area (TPSA) is 51.2 Å². The maximum Gasteiger partial charge on any atom is 0.191 e. The average Bonchev–Trinajstić information content (AvgIpc) is 2.27. The van der Waals surface area contributed by atoms with Crippen molar-refractivity contribution < 1.29 is 13.2 Å². The molecule has 0 unspecified atom stereocenters. The molecule has 0 N–H and O–H groups in total. The highest BCUT2D eigenvalue weighted by molar-refractivity contribution is 7.94. The first-order valence-corrected chi connectivity index (χ1v) is 6.17. The number of rotatable bonds is 0. The van der Waals surface area contributed by atoms with Gasteiger partial charge < -0.3 is 0 Å². The molecule has 2 rings (SSSR count). The van der Waals surface area contributed by atoms with Crippen molar-refractivity contribution in [2.75, 3.05) is 0 Å². The molecule has 1 aliphatic rings. The van der Waals surface area contributed by atoms with E-state index in [2.05, 4.69) is 0 Å².